The van der Waals surface area contributed by atoms with Crippen molar-refractivity contribution < 1.29 is 4.74 Å². The quantitative estimate of drug-likeness (QED) is 0.753. The van der Waals surface area contributed by atoms with Gasteiger partial charge in [0.15, 0.2) is 0 Å². The summed E-state index contributed by atoms with van der Waals surface area (Å²) in [4.78, 5) is 3.98. The van der Waals surface area contributed by atoms with Crippen molar-refractivity contribution in [1.82, 2.24) is 0 Å². The molecule has 1 heterocycles. The summed E-state index contributed by atoms with van der Waals surface area (Å²) >= 11 is 2.00. The molecule has 0 radical (unpaired) electrons. The Kier molecular flexibility index (Phi) is 4.95. The van der Waals surface area contributed by atoms with E-state index < -0.39 is 0 Å². The number of benzene rings is 1. The highest BCUT2D eigenvalue weighted by atomic mass is 32.2. The van der Waals surface area contributed by atoms with Gasteiger partial charge in [-0.3, -0.25) is 0 Å². The predicted octanol–water partition coefficient (Wildman–Crippen LogP) is 3.72. The van der Waals surface area contributed by atoms with Crippen molar-refractivity contribution in [1.29, 1.82) is 0 Å². The van der Waals surface area contributed by atoms with Gasteiger partial charge >= 0.3 is 0 Å². The number of aryl methyl sites for hydroxylation is 1. The van der Waals surface area contributed by atoms with Crippen LogP contribution in [0.3, 0.4) is 0 Å². The van der Waals surface area contributed by atoms with Crippen molar-refractivity contribution in [2.75, 3.05) is 31.7 Å². The predicted molar refractivity (Wildman–Crippen MR) is 79.8 cm³/mol. The van der Waals surface area contributed by atoms with Gasteiger partial charge in [-0.05, 0) is 37.5 Å². The second-order valence-corrected chi connectivity index (χ2v) is 6.53. The Hall–Kier alpha value is -0.670. The fourth-order valence-electron chi connectivity index (χ4n) is 2.40. The molecule has 18 heavy (non-hydrogen) atoms. The molecule has 2 rings (SSSR count). The molecule has 0 saturated carbocycles. The topological polar surface area (TPSA) is 12.5 Å². The number of unbranched alkanes of at least 4 members (excludes halogenated alkanes) is 1. The molecule has 0 aromatic heterocycles. The Morgan fingerprint density at radius 2 is 2.22 bits per heavy atom. The van der Waals surface area contributed by atoms with Crippen LogP contribution in [-0.2, 0) is 4.74 Å². The van der Waals surface area contributed by atoms with Gasteiger partial charge in [-0.2, -0.15) is 0 Å². The fraction of sp³-hybridized carbons (Fsp3) is 0.600. The molecule has 1 atom stereocenters. The fourth-order valence-corrected chi connectivity index (χ4v) is 3.54. The van der Waals surface area contributed by atoms with Gasteiger partial charge in [-0.1, -0.05) is 13.0 Å². The standard InChI is InChI=1S/C15H23NOS/c1-12-6-7-15-14(10-12)16(11-13(2)18-15)8-4-5-9-17-3/h6-7,10,13H,4-5,8-9,11H2,1-3H3. The zero-order chi connectivity index (χ0) is 13.0. The second-order valence-electron chi connectivity index (χ2n) is 5.05. The zero-order valence-electron chi connectivity index (χ0n) is 11.6. The van der Waals surface area contributed by atoms with E-state index in [2.05, 4.69) is 36.9 Å². The summed E-state index contributed by atoms with van der Waals surface area (Å²) in [6, 6.07) is 6.81. The molecular weight excluding hydrogens is 242 g/mol. The first-order valence-corrected chi connectivity index (χ1v) is 7.60. The minimum Gasteiger partial charge on any atom is -0.385 e. The molecule has 1 aliphatic rings. The number of rotatable bonds is 5. The van der Waals surface area contributed by atoms with Gasteiger partial charge in [-0.15, -0.1) is 11.8 Å². The maximum atomic E-state index is 5.12. The number of thioether (sulfide) groups is 1. The van der Waals surface area contributed by atoms with E-state index in [-0.39, 0.29) is 0 Å². The normalized spacial score (nSPS) is 18.8. The lowest BCUT2D eigenvalue weighted by molar-refractivity contribution is 0.193. The van der Waals surface area contributed by atoms with E-state index in [0.717, 1.165) is 26.1 Å². The first kappa shape index (κ1) is 13.8. The number of anilines is 1. The van der Waals surface area contributed by atoms with Gasteiger partial charge in [0.1, 0.15) is 0 Å². The van der Waals surface area contributed by atoms with Gasteiger partial charge in [-0.25, -0.2) is 0 Å². The zero-order valence-corrected chi connectivity index (χ0v) is 12.4. The maximum Gasteiger partial charge on any atom is 0.0507 e. The molecule has 0 bridgehead atoms. The first-order chi connectivity index (χ1) is 8.70. The van der Waals surface area contributed by atoms with E-state index in [1.165, 1.54) is 22.6 Å². The van der Waals surface area contributed by atoms with E-state index in [0.29, 0.717) is 5.25 Å². The van der Waals surface area contributed by atoms with Gasteiger partial charge in [0.2, 0.25) is 0 Å². The van der Waals surface area contributed by atoms with Crippen molar-refractivity contribution in [2.45, 2.75) is 36.8 Å². The van der Waals surface area contributed by atoms with E-state index in [9.17, 15) is 0 Å². The van der Waals surface area contributed by atoms with Crippen LogP contribution in [0.1, 0.15) is 25.3 Å². The average molecular weight is 265 g/mol. The number of hydrogen-bond acceptors (Lipinski definition) is 3. The molecule has 1 aliphatic heterocycles. The van der Waals surface area contributed by atoms with Crippen LogP contribution < -0.4 is 4.90 Å². The van der Waals surface area contributed by atoms with Crippen LogP contribution in [0.4, 0.5) is 5.69 Å². The molecule has 100 valence electrons. The summed E-state index contributed by atoms with van der Waals surface area (Å²) in [6.07, 6.45) is 2.36. The SMILES string of the molecule is COCCCCN1CC(C)Sc2ccc(C)cc21. The third kappa shape index (κ3) is 3.42. The van der Waals surface area contributed by atoms with Gasteiger partial charge in [0.05, 0.1) is 5.69 Å². The molecule has 0 N–H and O–H groups in total. The van der Waals surface area contributed by atoms with Crippen LogP contribution in [0, 0.1) is 6.92 Å². The molecule has 0 aliphatic carbocycles. The highest BCUT2D eigenvalue weighted by Crippen LogP contribution is 2.38. The summed E-state index contributed by atoms with van der Waals surface area (Å²) in [7, 11) is 1.78. The summed E-state index contributed by atoms with van der Waals surface area (Å²) < 4.78 is 5.12. The summed E-state index contributed by atoms with van der Waals surface area (Å²) in [5, 5.41) is 0.683. The summed E-state index contributed by atoms with van der Waals surface area (Å²) in [5.41, 5.74) is 2.78. The number of ether oxygens (including phenoxy) is 1. The monoisotopic (exact) mass is 265 g/mol. The lowest BCUT2D eigenvalue weighted by Gasteiger charge is -2.34. The molecule has 0 amide bonds. The number of fused-ring (bicyclic) bond motifs is 1. The molecule has 2 nitrogen and oxygen atoms in total. The van der Waals surface area contributed by atoms with E-state index in [1.807, 2.05) is 11.8 Å². The van der Waals surface area contributed by atoms with Crippen LogP contribution in [-0.4, -0.2) is 32.1 Å². The largest absolute Gasteiger partial charge is 0.385 e. The molecule has 0 fully saturated rings. The molecule has 3 heteroatoms. The van der Waals surface area contributed by atoms with Crippen LogP contribution in [0.2, 0.25) is 0 Å². The van der Waals surface area contributed by atoms with Crippen LogP contribution in [0.15, 0.2) is 23.1 Å². The van der Waals surface area contributed by atoms with Crippen LogP contribution in [0.25, 0.3) is 0 Å². The number of hydrogen-bond donors (Lipinski definition) is 0. The van der Waals surface area contributed by atoms with Gasteiger partial charge in [0.25, 0.3) is 0 Å². The average Bonchev–Trinajstić information content (AvgIpc) is 2.35. The Bertz CT molecular complexity index is 394. The van der Waals surface area contributed by atoms with E-state index in [4.69, 9.17) is 4.74 Å². The second kappa shape index (κ2) is 6.48. The van der Waals surface area contributed by atoms with Crippen molar-refractivity contribution in [3.05, 3.63) is 23.8 Å². The highest BCUT2D eigenvalue weighted by Gasteiger charge is 2.21. The summed E-state index contributed by atoms with van der Waals surface area (Å²) in [6.45, 7) is 7.67. The van der Waals surface area contributed by atoms with Crippen molar-refractivity contribution >= 4 is 17.4 Å². The lowest BCUT2D eigenvalue weighted by Crippen LogP contribution is -2.34. The van der Waals surface area contributed by atoms with Gasteiger partial charge < -0.3 is 9.64 Å². The smallest absolute Gasteiger partial charge is 0.0507 e. The van der Waals surface area contributed by atoms with Crippen molar-refractivity contribution in [3.63, 3.8) is 0 Å². The minimum absolute atomic E-state index is 0.683. The van der Waals surface area contributed by atoms with Crippen LogP contribution >= 0.6 is 11.8 Å². The van der Waals surface area contributed by atoms with Crippen molar-refractivity contribution in [2.24, 2.45) is 0 Å². The molecular formula is C15H23NOS. The van der Waals surface area contributed by atoms with E-state index >= 15 is 0 Å². The van der Waals surface area contributed by atoms with E-state index in [1.54, 1.807) is 7.11 Å². The van der Waals surface area contributed by atoms with Crippen LogP contribution in [0.5, 0.6) is 0 Å². The Morgan fingerprint density at radius 1 is 1.39 bits per heavy atom. The Labute approximate surface area is 115 Å². The molecule has 1 aromatic carbocycles. The highest BCUT2D eigenvalue weighted by molar-refractivity contribution is 8.00. The molecule has 0 saturated heterocycles. The van der Waals surface area contributed by atoms with Crippen molar-refractivity contribution in [3.8, 4) is 0 Å². The Morgan fingerprint density at radius 3 is 3.00 bits per heavy atom. The number of methoxy groups -OCH3 is 1. The number of nitrogens with zero attached hydrogens (tertiary/aromatic N) is 1. The minimum atomic E-state index is 0.683. The molecule has 1 aromatic rings. The molecule has 1 unspecified atom stereocenters. The maximum absolute atomic E-state index is 5.12. The third-order valence-corrected chi connectivity index (χ3v) is 4.44. The lowest BCUT2D eigenvalue weighted by atomic mass is 10.2. The molecule has 0 spiro atoms. The Balaban J connectivity index is 2.04. The third-order valence-electron chi connectivity index (χ3n) is 3.29. The first-order valence-electron chi connectivity index (χ1n) is 6.72. The van der Waals surface area contributed by atoms with Gasteiger partial charge in [0, 0.05) is 37.0 Å². The summed E-state index contributed by atoms with van der Waals surface area (Å²) in [5.74, 6) is 0.